The van der Waals surface area contributed by atoms with Crippen molar-refractivity contribution in [2.75, 3.05) is 13.7 Å². The zero-order valence-electron chi connectivity index (χ0n) is 19.8. The fourth-order valence-corrected chi connectivity index (χ4v) is 4.14. The first-order valence-electron chi connectivity index (χ1n) is 11.6. The van der Waals surface area contributed by atoms with Crippen molar-refractivity contribution < 1.29 is 24.2 Å². The lowest BCUT2D eigenvalue weighted by molar-refractivity contribution is -0.140. The number of aliphatic hydroxyl groups excluding tert-OH is 1. The van der Waals surface area contributed by atoms with E-state index in [9.17, 15) is 14.7 Å². The number of methoxy groups -OCH3 is 1. The summed E-state index contributed by atoms with van der Waals surface area (Å²) in [5.41, 5.74) is 1.94. The summed E-state index contributed by atoms with van der Waals surface area (Å²) in [6.45, 7) is 2.85. The van der Waals surface area contributed by atoms with Gasteiger partial charge in [-0.05, 0) is 41.8 Å². The molecule has 2 heterocycles. The molecule has 1 amide bonds. The lowest BCUT2D eigenvalue weighted by Crippen LogP contribution is -2.29. The van der Waals surface area contributed by atoms with Gasteiger partial charge >= 0.3 is 0 Å². The van der Waals surface area contributed by atoms with E-state index < -0.39 is 17.7 Å². The highest BCUT2D eigenvalue weighted by atomic mass is 16.5. The maximum Gasteiger partial charge on any atom is 0.295 e. The van der Waals surface area contributed by atoms with Gasteiger partial charge in [0, 0.05) is 24.5 Å². The first kappa shape index (κ1) is 24.0. The smallest absolute Gasteiger partial charge is 0.295 e. The van der Waals surface area contributed by atoms with E-state index in [-0.39, 0.29) is 17.9 Å². The quantitative estimate of drug-likeness (QED) is 0.206. The average molecular weight is 473 g/mol. The number of amides is 1. The van der Waals surface area contributed by atoms with Crippen molar-refractivity contribution in [2.45, 2.75) is 32.4 Å². The highest BCUT2D eigenvalue weighted by Crippen LogP contribution is 2.42. The van der Waals surface area contributed by atoms with Gasteiger partial charge in [-0.25, -0.2) is 0 Å². The minimum absolute atomic E-state index is 0.0267. The second kappa shape index (κ2) is 10.9. The van der Waals surface area contributed by atoms with E-state index in [0.29, 0.717) is 29.2 Å². The Morgan fingerprint density at radius 3 is 2.46 bits per heavy atom. The third-order valence-corrected chi connectivity index (χ3v) is 5.95. The highest BCUT2D eigenvalue weighted by Gasteiger charge is 2.46. The summed E-state index contributed by atoms with van der Waals surface area (Å²) in [4.78, 5) is 31.9. The number of ketones is 1. The molecular weight excluding hydrogens is 444 g/mol. The largest absolute Gasteiger partial charge is 0.507 e. The van der Waals surface area contributed by atoms with Crippen LogP contribution in [-0.2, 0) is 16.1 Å². The van der Waals surface area contributed by atoms with E-state index in [2.05, 4.69) is 11.9 Å². The Bertz CT molecular complexity index is 1220. The molecule has 0 aliphatic carbocycles. The molecule has 1 unspecified atom stereocenters. The molecule has 1 fully saturated rings. The van der Waals surface area contributed by atoms with E-state index >= 15 is 0 Å². The van der Waals surface area contributed by atoms with Crippen molar-refractivity contribution in [3.63, 3.8) is 0 Å². The molecule has 1 aromatic heterocycles. The van der Waals surface area contributed by atoms with E-state index in [4.69, 9.17) is 9.47 Å². The van der Waals surface area contributed by atoms with Crippen LogP contribution >= 0.6 is 0 Å². The van der Waals surface area contributed by atoms with Crippen molar-refractivity contribution in [3.05, 3.63) is 95.3 Å². The van der Waals surface area contributed by atoms with E-state index in [1.807, 2.05) is 30.3 Å². The predicted molar refractivity (Wildman–Crippen MR) is 132 cm³/mol. The molecule has 0 spiro atoms. The summed E-state index contributed by atoms with van der Waals surface area (Å²) in [5.74, 6) is -0.570. The molecule has 0 saturated carbocycles. The standard InChI is InChI=1S/C28H28N2O5/c1-3-4-16-35-22-11-10-21(17-23(22)34-2)25-24(26(31)20-12-14-29-15-13-20)27(32)28(33)30(25)18-19-8-6-5-7-9-19/h5-15,17,25,31H,3-4,16,18H2,1-2H3/b26-24+. The zero-order chi connectivity index (χ0) is 24.8. The van der Waals surface area contributed by atoms with Crippen LogP contribution in [-0.4, -0.2) is 40.4 Å². The molecule has 1 aliphatic heterocycles. The Kier molecular flexibility index (Phi) is 7.45. The maximum absolute atomic E-state index is 13.2. The minimum Gasteiger partial charge on any atom is -0.507 e. The molecule has 0 bridgehead atoms. The van der Waals surface area contributed by atoms with Crippen LogP contribution in [0.3, 0.4) is 0 Å². The monoisotopic (exact) mass is 472 g/mol. The number of aliphatic hydroxyl groups is 1. The van der Waals surface area contributed by atoms with Gasteiger partial charge < -0.3 is 19.5 Å². The average Bonchev–Trinajstić information content (AvgIpc) is 3.14. The van der Waals surface area contributed by atoms with Crippen LogP contribution in [0.1, 0.15) is 42.5 Å². The molecule has 1 N–H and O–H groups in total. The molecular formula is C28H28N2O5. The molecule has 1 aliphatic rings. The van der Waals surface area contributed by atoms with Gasteiger partial charge in [-0.15, -0.1) is 0 Å². The number of hydrogen-bond donors (Lipinski definition) is 1. The number of hydrogen-bond acceptors (Lipinski definition) is 6. The SMILES string of the molecule is CCCCOc1ccc(C2/C(=C(\O)c3ccncc3)C(=O)C(=O)N2Cc2ccccc2)cc1OC. The summed E-state index contributed by atoms with van der Waals surface area (Å²) in [5, 5.41) is 11.1. The number of unbranched alkanes of at least 4 members (excludes halogenated alkanes) is 1. The molecule has 4 rings (SSSR count). The van der Waals surface area contributed by atoms with Crippen LogP contribution in [0.2, 0.25) is 0 Å². The summed E-state index contributed by atoms with van der Waals surface area (Å²) >= 11 is 0. The number of Topliss-reactive ketones (excluding diaryl/α,β-unsaturated/α-hetero) is 1. The van der Waals surface area contributed by atoms with Crippen LogP contribution in [0, 0.1) is 0 Å². The summed E-state index contributed by atoms with van der Waals surface area (Å²) in [6, 6.07) is 17.2. The maximum atomic E-state index is 13.2. The second-order valence-electron chi connectivity index (χ2n) is 8.26. The van der Waals surface area contributed by atoms with Crippen LogP contribution in [0.4, 0.5) is 0 Å². The Balaban J connectivity index is 1.82. The summed E-state index contributed by atoms with van der Waals surface area (Å²) in [7, 11) is 1.55. The van der Waals surface area contributed by atoms with E-state index in [0.717, 1.165) is 18.4 Å². The Hall–Kier alpha value is -4.13. The molecule has 0 radical (unpaired) electrons. The fourth-order valence-electron chi connectivity index (χ4n) is 4.14. The van der Waals surface area contributed by atoms with Crippen LogP contribution in [0.25, 0.3) is 5.76 Å². The van der Waals surface area contributed by atoms with Crippen molar-refractivity contribution >= 4 is 17.4 Å². The third kappa shape index (κ3) is 5.04. The Labute approximate surface area is 204 Å². The minimum atomic E-state index is -0.804. The number of carbonyl (C=O) groups excluding carboxylic acids is 2. The number of benzene rings is 2. The first-order valence-corrected chi connectivity index (χ1v) is 11.6. The number of nitrogens with zero attached hydrogens (tertiary/aromatic N) is 2. The normalized spacial score (nSPS) is 17.0. The number of likely N-dealkylation sites (tertiary alicyclic amines) is 1. The van der Waals surface area contributed by atoms with Gasteiger partial charge in [0.25, 0.3) is 11.7 Å². The van der Waals surface area contributed by atoms with Crippen molar-refractivity contribution in [3.8, 4) is 11.5 Å². The summed E-state index contributed by atoms with van der Waals surface area (Å²) in [6.07, 6.45) is 4.96. The van der Waals surface area contributed by atoms with E-state index in [1.165, 1.54) is 17.3 Å². The van der Waals surface area contributed by atoms with Gasteiger partial charge in [-0.2, -0.15) is 0 Å². The van der Waals surface area contributed by atoms with Gasteiger partial charge in [-0.3, -0.25) is 14.6 Å². The van der Waals surface area contributed by atoms with Crippen LogP contribution < -0.4 is 9.47 Å². The number of ether oxygens (including phenoxy) is 2. The van der Waals surface area contributed by atoms with Gasteiger partial charge in [-0.1, -0.05) is 49.7 Å². The van der Waals surface area contributed by atoms with Gasteiger partial charge in [0.1, 0.15) is 5.76 Å². The fraction of sp³-hybridized carbons (Fsp3) is 0.250. The number of pyridine rings is 1. The lowest BCUT2D eigenvalue weighted by Gasteiger charge is -2.26. The number of rotatable bonds is 9. The zero-order valence-corrected chi connectivity index (χ0v) is 19.8. The molecule has 3 aromatic rings. The third-order valence-electron chi connectivity index (χ3n) is 5.95. The van der Waals surface area contributed by atoms with E-state index in [1.54, 1.807) is 37.4 Å². The number of carbonyl (C=O) groups is 2. The molecule has 1 saturated heterocycles. The van der Waals surface area contributed by atoms with Crippen molar-refractivity contribution in [1.82, 2.24) is 9.88 Å². The topological polar surface area (TPSA) is 89.0 Å². The number of aromatic nitrogens is 1. The van der Waals surface area contributed by atoms with Gasteiger partial charge in [0.05, 0.1) is 25.3 Å². The second-order valence-corrected chi connectivity index (χ2v) is 8.26. The predicted octanol–water partition coefficient (Wildman–Crippen LogP) is 4.89. The highest BCUT2D eigenvalue weighted by molar-refractivity contribution is 6.46. The first-order chi connectivity index (χ1) is 17.0. The molecule has 7 nitrogen and oxygen atoms in total. The lowest BCUT2D eigenvalue weighted by atomic mass is 9.95. The molecule has 180 valence electrons. The molecule has 35 heavy (non-hydrogen) atoms. The molecule has 2 aromatic carbocycles. The molecule has 7 heteroatoms. The van der Waals surface area contributed by atoms with Gasteiger partial charge in [0.15, 0.2) is 11.5 Å². The van der Waals surface area contributed by atoms with Gasteiger partial charge in [0.2, 0.25) is 0 Å². The Morgan fingerprint density at radius 1 is 1.03 bits per heavy atom. The summed E-state index contributed by atoms with van der Waals surface area (Å²) < 4.78 is 11.4. The van der Waals surface area contributed by atoms with Crippen LogP contribution in [0.5, 0.6) is 11.5 Å². The van der Waals surface area contributed by atoms with Crippen LogP contribution in [0.15, 0.2) is 78.6 Å². The Morgan fingerprint density at radius 2 is 1.77 bits per heavy atom. The molecule has 1 atom stereocenters. The van der Waals surface area contributed by atoms with Crippen molar-refractivity contribution in [1.29, 1.82) is 0 Å². The van der Waals surface area contributed by atoms with Crippen molar-refractivity contribution in [2.24, 2.45) is 0 Å².